The van der Waals surface area contributed by atoms with E-state index in [1.54, 1.807) is 0 Å². The van der Waals surface area contributed by atoms with Crippen LogP contribution in [0, 0.1) is 5.41 Å². The van der Waals surface area contributed by atoms with E-state index >= 15 is 0 Å². The van der Waals surface area contributed by atoms with Crippen molar-refractivity contribution in [2.45, 2.75) is 0 Å². The zero-order valence-electron chi connectivity index (χ0n) is 18.5. The van der Waals surface area contributed by atoms with Crippen LogP contribution in [0.2, 0.25) is 20.1 Å². The minimum atomic E-state index is -4.02. The Labute approximate surface area is 230 Å². The summed E-state index contributed by atoms with van der Waals surface area (Å²) in [5.41, 5.74) is -0.383. The van der Waals surface area contributed by atoms with Crippen molar-refractivity contribution in [1.29, 1.82) is 0 Å². The van der Waals surface area contributed by atoms with Gasteiger partial charge in [0.2, 0.25) is 0 Å². The molecule has 0 aromatic heterocycles. The molecule has 0 unspecified atom stereocenters. The van der Waals surface area contributed by atoms with Gasteiger partial charge in [0.25, 0.3) is 0 Å². The van der Waals surface area contributed by atoms with Crippen LogP contribution in [-0.4, -0.2) is 38.5 Å². The number of nitrogens with one attached hydrogen (secondary N) is 4. The Morgan fingerprint density at radius 1 is 0.649 bits per heavy atom. The lowest BCUT2D eigenvalue weighted by atomic mass is 9.93. The molecule has 0 radical (unpaired) electrons. The second kappa shape index (κ2) is 11.3. The number of amides is 4. The Hall–Kier alpha value is -1.56. The van der Waals surface area contributed by atoms with Crippen LogP contribution in [0.3, 0.4) is 0 Å². The molecule has 2 aromatic carbocycles. The van der Waals surface area contributed by atoms with Gasteiger partial charge in [0, 0.05) is 11.4 Å². The summed E-state index contributed by atoms with van der Waals surface area (Å²) in [4.78, 5) is 24.5. The molecule has 37 heavy (non-hydrogen) atoms. The second-order valence-electron chi connectivity index (χ2n) is 7.98. The van der Waals surface area contributed by atoms with Gasteiger partial charge in [-0.3, -0.25) is 18.1 Å². The normalized spacial score (nSPS) is 27.4. The highest BCUT2D eigenvalue weighted by molar-refractivity contribution is 7.52. The monoisotopic (exact) mass is 632 g/mol. The molecular weight excluding hydrogens is 616 g/mol. The van der Waals surface area contributed by atoms with Gasteiger partial charge in [-0.05, 0) is 36.4 Å². The van der Waals surface area contributed by atoms with Gasteiger partial charge in [-0.15, -0.1) is 0 Å². The minimum absolute atomic E-state index is 0.215. The largest absolute Gasteiger partial charge is 0.436 e. The number of carbonyl (C=O) groups is 2. The highest BCUT2D eigenvalue weighted by Gasteiger charge is 2.50. The predicted octanol–water partition coefficient (Wildman–Crippen LogP) is 6.54. The lowest BCUT2D eigenvalue weighted by molar-refractivity contribution is -0.0705. The quantitative estimate of drug-likeness (QED) is 0.277. The van der Waals surface area contributed by atoms with Crippen LogP contribution in [0.25, 0.3) is 0 Å². The first-order chi connectivity index (χ1) is 17.4. The molecule has 200 valence electrons. The van der Waals surface area contributed by atoms with E-state index in [9.17, 15) is 18.7 Å². The summed E-state index contributed by atoms with van der Waals surface area (Å²) >= 11 is 23.5. The number of anilines is 2. The van der Waals surface area contributed by atoms with Gasteiger partial charge in [-0.1, -0.05) is 46.4 Å². The molecular formula is C19H18Cl4N4O8P2. The lowest BCUT2D eigenvalue weighted by Crippen LogP contribution is -2.48. The number of rotatable bonds is 4. The van der Waals surface area contributed by atoms with Crippen LogP contribution < -0.4 is 20.8 Å². The number of hydrogen-bond acceptors (Lipinski definition) is 8. The number of benzene rings is 2. The van der Waals surface area contributed by atoms with E-state index in [0.29, 0.717) is 21.4 Å². The molecule has 2 heterocycles. The van der Waals surface area contributed by atoms with E-state index in [4.69, 9.17) is 64.5 Å². The third-order valence-corrected chi connectivity index (χ3v) is 9.30. The summed E-state index contributed by atoms with van der Waals surface area (Å²) in [6, 6.07) is 7.03. The molecule has 18 heteroatoms. The summed E-state index contributed by atoms with van der Waals surface area (Å²) in [7, 11) is -8.05. The SMILES string of the molecule is O=C(Nc1ccc(Cl)c(Cl)c1)NP1(=O)OCC2(CO1)COP(=O)(NC(=O)Nc1ccc(Cl)c(Cl)c1)OC2. The third kappa shape index (κ3) is 7.30. The average Bonchev–Trinajstić information content (AvgIpc) is 2.83. The predicted molar refractivity (Wildman–Crippen MR) is 139 cm³/mol. The van der Waals surface area contributed by atoms with Crippen molar-refractivity contribution in [2.75, 3.05) is 37.1 Å². The molecule has 0 aliphatic carbocycles. The fourth-order valence-corrected chi connectivity index (χ4v) is 6.44. The van der Waals surface area contributed by atoms with Crippen molar-refractivity contribution < 1.29 is 36.8 Å². The molecule has 0 bridgehead atoms. The highest BCUT2D eigenvalue weighted by Crippen LogP contribution is 2.56. The Morgan fingerprint density at radius 2 is 1.00 bits per heavy atom. The first kappa shape index (κ1) is 28.4. The number of halogens is 4. The van der Waals surface area contributed by atoms with Crippen LogP contribution >= 0.6 is 61.9 Å². The van der Waals surface area contributed by atoms with Gasteiger partial charge >= 0.3 is 27.6 Å². The van der Waals surface area contributed by atoms with Crippen molar-refractivity contribution in [2.24, 2.45) is 5.41 Å². The maximum absolute atomic E-state index is 12.8. The van der Waals surface area contributed by atoms with E-state index in [-0.39, 0.29) is 36.5 Å². The van der Waals surface area contributed by atoms with Gasteiger partial charge in [0.05, 0.1) is 51.9 Å². The van der Waals surface area contributed by atoms with E-state index in [0.717, 1.165) is 0 Å². The van der Waals surface area contributed by atoms with E-state index in [2.05, 4.69) is 20.8 Å². The standard InChI is InChI=1S/C19H18Cl4N4O8P2/c20-13-3-1-11(5-15(13)22)24-17(28)26-36(30)32-7-19(8-33-36)9-34-37(31,35-10-19)27-18(29)25-12-2-4-14(21)16(23)6-12/h1-6H,7-10H2,(H2,24,26,28,30)(H2,25,27,29,31). The molecule has 2 aromatic rings. The Kier molecular flexibility index (Phi) is 8.67. The fourth-order valence-electron chi connectivity index (χ4n) is 3.06. The summed E-state index contributed by atoms with van der Waals surface area (Å²) in [6.45, 7) is -0.862. The zero-order chi connectivity index (χ0) is 26.8. The van der Waals surface area contributed by atoms with Gasteiger partial charge in [-0.25, -0.2) is 28.9 Å². The number of hydrogen-bond donors (Lipinski definition) is 4. The number of carbonyl (C=O) groups excluding carboxylic acids is 2. The summed E-state index contributed by atoms with van der Waals surface area (Å²) in [5, 5.41) is 10.2. The van der Waals surface area contributed by atoms with Gasteiger partial charge in [-0.2, -0.15) is 0 Å². The third-order valence-electron chi connectivity index (χ3n) is 4.99. The molecule has 0 saturated carbocycles. The maximum atomic E-state index is 12.8. The van der Waals surface area contributed by atoms with Crippen molar-refractivity contribution >= 4 is 85.3 Å². The molecule has 2 aliphatic rings. The Balaban J connectivity index is 1.26. The van der Waals surface area contributed by atoms with Crippen molar-refractivity contribution in [3.8, 4) is 0 Å². The summed E-state index contributed by atoms with van der Waals surface area (Å²) < 4.78 is 46.8. The molecule has 2 saturated heterocycles. The van der Waals surface area contributed by atoms with Crippen LogP contribution in [0.1, 0.15) is 0 Å². The zero-order valence-corrected chi connectivity index (χ0v) is 23.3. The molecule has 2 aliphatic heterocycles. The minimum Gasteiger partial charge on any atom is -0.308 e. The molecule has 4 rings (SSSR count). The molecule has 4 amide bonds. The van der Waals surface area contributed by atoms with Crippen molar-refractivity contribution in [3.05, 3.63) is 56.5 Å². The second-order valence-corrected chi connectivity index (χ2v) is 13.1. The van der Waals surface area contributed by atoms with Crippen molar-refractivity contribution in [3.63, 3.8) is 0 Å². The van der Waals surface area contributed by atoms with Gasteiger partial charge in [0.15, 0.2) is 0 Å². The first-order valence-corrected chi connectivity index (χ1v) is 14.8. The van der Waals surface area contributed by atoms with Crippen molar-refractivity contribution in [1.82, 2.24) is 10.2 Å². The molecule has 0 atom stereocenters. The van der Waals surface area contributed by atoms with Crippen LogP contribution in [0.15, 0.2) is 36.4 Å². The van der Waals surface area contributed by atoms with E-state index in [1.807, 2.05) is 0 Å². The lowest BCUT2D eigenvalue weighted by Gasteiger charge is -2.42. The maximum Gasteiger partial charge on any atom is 0.436 e. The molecule has 2 fully saturated rings. The first-order valence-electron chi connectivity index (χ1n) is 10.3. The number of urea groups is 2. The Morgan fingerprint density at radius 3 is 1.32 bits per heavy atom. The molecule has 12 nitrogen and oxygen atoms in total. The van der Waals surface area contributed by atoms with Gasteiger partial charge in [0.1, 0.15) is 0 Å². The average molecular weight is 634 g/mol. The smallest absolute Gasteiger partial charge is 0.308 e. The van der Waals surface area contributed by atoms with Crippen LogP contribution in [0.5, 0.6) is 0 Å². The molecule has 4 N–H and O–H groups in total. The van der Waals surface area contributed by atoms with E-state index < -0.39 is 33.0 Å². The fraction of sp³-hybridized carbons (Fsp3) is 0.263. The topological polar surface area (TPSA) is 153 Å². The van der Waals surface area contributed by atoms with E-state index in [1.165, 1.54) is 36.4 Å². The van der Waals surface area contributed by atoms with Gasteiger partial charge < -0.3 is 10.6 Å². The molecule has 1 spiro atoms. The summed E-state index contributed by atoms with van der Waals surface area (Å²) in [6.07, 6.45) is 0. The Bertz CT molecular complexity index is 1210. The summed E-state index contributed by atoms with van der Waals surface area (Å²) in [5.74, 6) is 0. The highest BCUT2D eigenvalue weighted by atomic mass is 35.5. The van der Waals surface area contributed by atoms with Crippen LogP contribution in [-0.2, 0) is 27.2 Å². The van der Waals surface area contributed by atoms with Crippen LogP contribution in [0.4, 0.5) is 21.0 Å².